The first-order valence-corrected chi connectivity index (χ1v) is 10.1. The molecule has 2 amide bonds. The fraction of sp³-hybridized carbons (Fsp3) is 0.571. The molecule has 7 nitrogen and oxygen atoms in total. The molecular weight excluding hydrogens is 425 g/mol. The molecule has 2 heterocycles. The van der Waals surface area contributed by atoms with Crippen molar-refractivity contribution in [1.29, 1.82) is 0 Å². The average molecular weight is 458 g/mol. The lowest BCUT2D eigenvalue weighted by atomic mass is 10.1. The van der Waals surface area contributed by atoms with Crippen LogP contribution in [0.3, 0.4) is 0 Å². The van der Waals surface area contributed by atoms with Crippen molar-refractivity contribution < 1.29 is 9.59 Å². The molecule has 1 aliphatic rings. The Morgan fingerprint density at radius 3 is 2.50 bits per heavy atom. The van der Waals surface area contributed by atoms with E-state index in [0.29, 0.717) is 6.54 Å². The van der Waals surface area contributed by atoms with E-state index in [1.165, 1.54) is 0 Å². The number of nitrogens with one attached hydrogen (secondary N) is 1. The topological polar surface area (TPSA) is 93.2 Å². The first-order chi connectivity index (χ1) is 13.3. The van der Waals surface area contributed by atoms with Crippen molar-refractivity contribution in [2.24, 2.45) is 11.7 Å². The summed E-state index contributed by atoms with van der Waals surface area (Å²) in [6, 6.07) is 7.63. The molecule has 0 bridgehead atoms. The zero-order valence-electron chi connectivity index (χ0n) is 18.0. The summed E-state index contributed by atoms with van der Waals surface area (Å²) in [5, 5.41) is 2.69. The number of nitrogens with two attached hydrogens (primary N) is 1. The molecule has 168 valence electrons. The van der Waals surface area contributed by atoms with Crippen LogP contribution in [-0.4, -0.2) is 45.4 Å². The number of aromatic nitrogens is 2. The number of carbonyl (C=O) groups is 2. The van der Waals surface area contributed by atoms with Crippen LogP contribution in [0, 0.1) is 5.92 Å². The van der Waals surface area contributed by atoms with Gasteiger partial charge in [0.05, 0.1) is 29.7 Å². The molecule has 3 rings (SSSR count). The molecule has 2 aromatic rings. The van der Waals surface area contributed by atoms with Gasteiger partial charge in [0, 0.05) is 12.6 Å². The summed E-state index contributed by atoms with van der Waals surface area (Å²) in [6.45, 7) is 8.69. The molecular formula is C21H33Cl2N5O2. The van der Waals surface area contributed by atoms with Crippen LogP contribution in [-0.2, 0) is 9.59 Å². The zero-order chi connectivity index (χ0) is 20.4. The van der Waals surface area contributed by atoms with Gasteiger partial charge in [0.2, 0.25) is 11.8 Å². The van der Waals surface area contributed by atoms with Crippen LogP contribution >= 0.6 is 24.8 Å². The second kappa shape index (κ2) is 11.0. The van der Waals surface area contributed by atoms with E-state index in [9.17, 15) is 9.59 Å². The van der Waals surface area contributed by atoms with Crippen LogP contribution in [0.1, 0.15) is 58.4 Å². The Labute approximate surface area is 190 Å². The predicted molar refractivity (Wildman–Crippen MR) is 124 cm³/mol. The fourth-order valence-electron chi connectivity index (χ4n) is 3.86. The SMILES string of the molecule is CC(C)[C@H](N)C(=O)NCC(=O)N1CCCC1c1nc2ccccc2n1C(C)C.Cl.Cl. The Bertz CT molecular complexity index is 868. The molecule has 0 radical (unpaired) electrons. The number of benzene rings is 1. The van der Waals surface area contributed by atoms with E-state index in [-0.39, 0.29) is 61.2 Å². The third-order valence-electron chi connectivity index (χ3n) is 5.45. The highest BCUT2D eigenvalue weighted by Crippen LogP contribution is 2.35. The van der Waals surface area contributed by atoms with E-state index in [4.69, 9.17) is 10.7 Å². The molecule has 3 N–H and O–H groups in total. The average Bonchev–Trinajstić information content (AvgIpc) is 3.28. The molecule has 0 saturated carbocycles. The normalized spacial score (nSPS) is 17.0. The van der Waals surface area contributed by atoms with Gasteiger partial charge in [0.1, 0.15) is 5.82 Å². The van der Waals surface area contributed by atoms with Crippen LogP contribution in [0.5, 0.6) is 0 Å². The number of para-hydroxylation sites is 2. The number of carbonyl (C=O) groups excluding carboxylic acids is 2. The minimum absolute atomic E-state index is 0. The standard InChI is InChI=1S/C21H31N5O2.2ClH/c1-13(2)19(22)21(28)23-12-18(27)25-11-7-10-17(25)20-24-15-8-5-6-9-16(15)26(20)14(3)4;;/h5-6,8-9,13-14,17,19H,7,10-12,22H2,1-4H3,(H,23,28);2*1H/t17?,19-;;/m0../s1. The lowest BCUT2D eigenvalue weighted by molar-refractivity contribution is -0.134. The van der Waals surface area contributed by atoms with Crippen molar-refractivity contribution in [3.05, 3.63) is 30.1 Å². The van der Waals surface area contributed by atoms with E-state index in [1.807, 2.05) is 36.9 Å². The first-order valence-electron chi connectivity index (χ1n) is 10.1. The van der Waals surface area contributed by atoms with Crippen LogP contribution < -0.4 is 11.1 Å². The van der Waals surface area contributed by atoms with Crippen molar-refractivity contribution >= 4 is 47.7 Å². The van der Waals surface area contributed by atoms with Gasteiger partial charge in [-0.05, 0) is 44.7 Å². The lowest BCUT2D eigenvalue weighted by Gasteiger charge is -2.26. The molecule has 30 heavy (non-hydrogen) atoms. The van der Waals surface area contributed by atoms with Gasteiger partial charge in [-0.2, -0.15) is 0 Å². The highest BCUT2D eigenvalue weighted by Gasteiger charge is 2.34. The Morgan fingerprint density at radius 2 is 1.87 bits per heavy atom. The van der Waals surface area contributed by atoms with E-state index in [0.717, 1.165) is 29.7 Å². The third kappa shape index (κ3) is 5.25. The molecule has 0 aliphatic carbocycles. The van der Waals surface area contributed by atoms with Gasteiger partial charge in [0.15, 0.2) is 0 Å². The van der Waals surface area contributed by atoms with Gasteiger partial charge in [-0.1, -0.05) is 26.0 Å². The number of imidazole rings is 1. The van der Waals surface area contributed by atoms with E-state index >= 15 is 0 Å². The van der Waals surface area contributed by atoms with Gasteiger partial charge in [-0.25, -0.2) is 4.98 Å². The molecule has 0 spiro atoms. The van der Waals surface area contributed by atoms with Gasteiger partial charge in [0.25, 0.3) is 0 Å². The van der Waals surface area contributed by atoms with E-state index in [2.05, 4.69) is 29.8 Å². The Kier molecular flexibility index (Phi) is 9.59. The number of hydrogen-bond donors (Lipinski definition) is 2. The summed E-state index contributed by atoms with van der Waals surface area (Å²) in [7, 11) is 0. The summed E-state index contributed by atoms with van der Waals surface area (Å²) in [4.78, 5) is 31.7. The highest BCUT2D eigenvalue weighted by atomic mass is 35.5. The molecule has 2 atom stereocenters. The van der Waals surface area contributed by atoms with E-state index < -0.39 is 6.04 Å². The number of rotatable bonds is 6. The largest absolute Gasteiger partial charge is 0.346 e. The van der Waals surface area contributed by atoms with Crippen LogP contribution in [0.15, 0.2) is 24.3 Å². The van der Waals surface area contributed by atoms with Crippen molar-refractivity contribution in [3.8, 4) is 0 Å². The number of amides is 2. The molecule has 1 aromatic carbocycles. The van der Waals surface area contributed by atoms with Gasteiger partial charge < -0.3 is 20.5 Å². The maximum atomic E-state index is 12.9. The van der Waals surface area contributed by atoms with Crippen LogP contribution in [0.4, 0.5) is 0 Å². The minimum Gasteiger partial charge on any atom is -0.346 e. The van der Waals surface area contributed by atoms with Crippen LogP contribution in [0.25, 0.3) is 11.0 Å². The molecule has 1 unspecified atom stereocenters. The number of halogens is 2. The second-order valence-corrected chi connectivity index (χ2v) is 8.16. The number of nitrogens with zero attached hydrogens (tertiary/aromatic N) is 3. The summed E-state index contributed by atoms with van der Waals surface area (Å²) in [5.74, 6) is 0.579. The van der Waals surface area contributed by atoms with Gasteiger partial charge >= 0.3 is 0 Å². The quantitative estimate of drug-likeness (QED) is 0.695. The molecule has 1 saturated heterocycles. The summed E-state index contributed by atoms with van der Waals surface area (Å²) in [5.41, 5.74) is 7.90. The maximum Gasteiger partial charge on any atom is 0.242 e. The monoisotopic (exact) mass is 457 g/mol. The van der Waals surface area contributed by atoms with Crippen molar-refractivity contribution in [3.63, 3.8) is 0 Å². The maximum absolute atomic E-state index is 12.9. The van der Waals surface area contributed by atoms with Gasteiger partial charge in [-0.3, -0.25) is 9.59 Å². The van der Waals surface area contributed by atoms with E-state index in [1.54, 1.807) is 0 Å². The Hall–Kier alpha value is -1.83. The molecule has 1 aliphatic heterocycles. The smallest absolute Gasteiger partial charge is 0.242 e. The first kappa shape index (κ1) is 26.2. The number of fused-ring (bicyclic) bond motifs is 1. The molecule has 9 heteroatoms. The highest BCUT2D eigenvalue weighted by molar-refractivity contribution is 5.88. The van der Waals surface area contributed by atoms with Crippen molar-refractivity contribution in [1.82, 2.24) is 19.8 Å². The third-order valence-corrected chi connectivity index (χ3v) is 5.45. The van der Waals surface area contributed by atoms with Crippen molar-refractivity contribution in [2.45, 2.75) is 58.7 Å². The second-order valence-electron chi connectivity index (χ2n) is 8.16. The Balaban J connectivity index is 0.00000225. The number of hydrogen-bond acceptors (Lipinski definition) is 4. The minimum atomic E-state index is -0.604. The summed E-state index contributed by atoms with van der Waals surface area (Å²) < 4.78 is 2.22. The molecule has 1 fully saturated rings. The fourth-order valence-corrected chi connectivity index (χ4v) is 3.86. The van der Waals surface area contributed by atoms with Crippen LogP contribution in [0.2, 0.25) is 0 Å². The molecule has 1 aromatic heterocycles. The summed E-state index contributed by atoms with van der Waals surface area (Å²) >= 11 is 0. The van der Waals surface area contributed by atoms with Gasteiger partial charge in [-0.15, -0.1) is 24.8 Å². The summed E-state index contributed by atoms with van der Waals surface area (Å²) in [6.07, 6.45) is 1.80. The Morgan fingerprint density at radius 1 is 1.20 bits per heavy atom. The number of likely N-dealkylation sites (tertiary alicyclic amines) is 1. The predicted octanol–water partition coefficient (Wildman–Crippen LogP) is 3.22. The van der Waals surface area contributed by atoms with Crippen molar-refractivity contribution in [2.75, 3.05) is 13.1 Å². The lowest BCUT2D eigenvalue weighted by Crippen LogP contribution is -2.48. The zero-order valence-corrected chi connectivity index (χ0v) is 19.6.